The molecule has 4 heteroatoms. The first-order valence-electron chi connectivity index (χ1n) is 5.62. The van der Waals surface area contributed by atoms with E-state index < -0.39 is 5.41 Å². The smallest absolute Gasteiger partial charge is 0.222 e. The van der Waals surface area contributed by atoms with Gasteiger partial charge in [-0.25, -0.2) is 0 Å². The molecule has 0 unspecified atom stereocenters. The maximum absolute atomic E-state index is 12.2. The Morgan fingerprint density at radius 2 is 1.94 bits per heavy atom. The van der Waals surface area contributed by atoms with Gasteiger partial charge in [-0.1, -0.05) is 32.4 Å². The van der Waals surface area contributed by atoms with Crippen LogP contribution in [0.4, 0.5) is 0 Å². The summed E-state index contributed by atoms with van der Waals surface area (Å²) in [5.74, 6) is -0.113. The van der Waals surface area contributed by atoms with Gasteiger partial charge in [0.25, 0.3) is 0 Å². The van der Waals surface area contributed by atoms with Crippen LogP contribution in [0.3, 0.4) is 0 Å². The standard InChI is InChI=1S/C14H14ClNO2/c1-14(2,3)12(17)10-7-8-6-9(15)4-5-11(8)18-13(10)16/h4-7,16H,1-3H3. The average Bonchev–Trinajstić information content (AvgIpc) is 2.26. The fourth-order valence-electron chi connectivity index (χ4n) is 1.68. The topological polar surface area (TPSA) is 54.1 Å². The van der Waals surface area contributed by atoms with Gasteiger partial charge in [0.2, 0.25) is 5.55 Å². The molecule has 0 radical (unpaired) electrons. The first-order valence-corrected chi connectivity index (χ1v) is 5.99. The molecule has 2 rings (SSSR count). The van der Waals surface area contributed by atoms with Gasteiger partial charge < -0.3 is 4.42 Å². The second-order valence-electron chi connectivity index (χ2n) is 5.25. The maximum atomic E-state index is 12.2. The Hall–Kier alpha value is -1.61. The first-order chi connectivity index (χ1) is 8.29. The monoisotopic (exact) mass is 263 g/mol. The number of Topliss-reactive ketones (excluding diaryl/α,β-unsaturated/α-hetero) is 1. The third kappa shape index (κ3) is 2.31. The first kappa shape index (κ1) is 12.8. The van der Waals surface area contributed by atoms with Crippen LogP contribution in [0.2, 0.25) is 5.02 Å². The number of nitrogens with one attached hydrogen (secondary N) is 1. The molecule has 3 nitrogen and oxygen atoms in total. The van der Waals surface area contributed by atoms with Crippen LogP contribution in [0.1, 0.15) is 31.1 Å². The van der Waals surface area contributed by atoms with Crippen molar-refractivity contribution in [1.29, 1.82) is 5.41 Å². The fraction of sp³-hybridized carbons (Fsp3) is 0.286. The summed E-state index contributed by atoms with van der Waals surface area (Å²) in [4.78, 5) is 12.2. The van der Waals surface area contributed by atoms with Gasteiger partial charge in [-0.15, -0.1) is 0 Å². The van der Waals surface area contributed by atoms with Crippen LogP contribution < -0.4 is 5.55 Å². The van der Waals surface area contributed by atoms with E-state index in [2.05, 4.69) is 0 Å². The van der Waals surface area contributed by atoms with Crippen molar-refractivity contribution in [2.45, 2.75) is 20.8 Å². The van der Waals surface area contributed by atoms with E-state index in [0.717, 1.165) is 5.39 Å². The molecule has 0 fully saturated rings. The summed E-state index contributed by atoms with van der Waals surface area (Å²) in [5, 5.41) is 9.10. The van der Waals surface area contributed by atoms with Crippen LogP contribution in [0.25, 0.3) is 11.0 Å². The number of ketones is 1. The second kappa shape index (κ2) is 4.25. The highest BCUT2D eigenvalue weighted by Crippen LogP contribution is 2.23. The van der Waals surface area contributed by atoms with Crippen molar-refractivity contribution in [2.75, 3.05) is 0 Å². The number of hydrogen-bond acceptors (Lipinski definition) is 3. The van der Waals surface area contributed by atoms with E-state index in [1.54, 1.807) is 24.3 Å². The van der Waals surface area contributed by atoms with Crippen molar-refractivity contribution < 1.29 is 9.21 Å². The molecule has 1 aromatic carbocycles. The molecule has 18 heavy (non-hydrogen) atoms. The molecule has 0 spiro atoms. The SMILES string of the molecule is CC(C)(C)C(=O)c1cc2cc(Cl)ccc2oc1=N. The molecular weight excluding hydrogens is 250 g/mol. The quantitative estimate of drug-likeness (QED) is 0.796. The van der Waals surface area contributed by atoms with E-state index in [1.807, 2.05) is 20.8 Å². The van der Waals surface area contributed by atoms with Gasteiger partial charge in [0, 0.05) is 15.8 Å². The Labute approximate surface area is 110 Å². The third-order valence-electron chi connectivity index (χ3n) is 2.65. The van der Waals surface area contributed by atoms with Crippen LogP contribution in [-0.2, 0) is 0 Å². The predicted octanol–water partition coefficient (Wildman–Crippen LogP) is 3.79. The van der Waals surface area contributed by atoms with E-state index in [9.17, 15) is 4.79 Å². The lowest BCUT2D eigenvalue weighted by atomic mass is 9.87. The Balaban J connectivity index is 2.69. The highest BCUT2D eigenvalue weighted by Gasteiger charge is 2.25. The Kier molecular flexibility index (Phi) is 3.03. The van der Waals surface area contributed by atoms with Gasteiger partial charge in [0.05, 0.1) is 5.56 Å². The minimum Gasteiger partial charge on any atom is -0.438 e. The largest absolute Gasteiger partial charge is 0.438 e. The average molecular weight is 264 g/mol. The number of hydrogen-bond donors (Lipinski definition) is 1. The van der Waals surface area contributed by atoms with Crippen molar-refractivity contribution in [3.05, 3.63) is 40.4 Å². The van der Waals surface area contributed by atoms with Gasteiger partial charge in [-0.05, 0) is 24.3 Å². The lowest BCUT2D eigenvalue weighted by molar-refractivity contribution is 0.0853. The summed E-state index contributed by atoms with van der Waals surface area (Å²) < 4.78 is 5.35. The van der Waals surface area contributed by atoms with E-state index in [-0.39, 0.29) is 16.9 Å². The van der Waals surface area contributed by atoms with E-state index in [1.165, 1.54) is 0 Å². The fourth-order valence-corrected chi connectivity index (χ4v) is 1.86. The molecule has 1 N–H and O–H groups in total. The zero-order chi connectivity index (χ0) is 13.5. The lowest BCUT2D eigenvalue weighted by Crippen LogP contribution is -2.26. The summed E-state index contributed by atoms with van der Waals surface area (Å²) in [7, 11) is 0. The minimum absolute atomic E-state index is 0.107. The van der Waals surface area contributed by atoms with Crippen LogP contribution in [0.5, 0.6) is 0 Å². The molecule has 1 aromatic heterocycles. The van der Waals surface area contributed by atoms with Gasteiger partial charge in [-0.2, -0.15) is 0 Å². The second-order valence-corrected chi connectivity index (χ2v) is 5.69. The van der Waals surface area contributed by atoms with Crippen LogP contribution in [0.15, 0.2) is 28.7 Å². The van der Waals surface area contributed by atoms with E-state index in [4.69, 9.17) is 21.4 Å². The van der Waals surface area contributed by atoms with Crippen molar-refractivity contribution in [3.8, 4) is 0 Å². The normalized spacial score (nSPS) is 11.8. The highest BCUT2D eigenvalue weighted by molar-refractivity contribution is 6.31. The van der Waals surface area contributed by atoms with E-state index >= 15 is 0 Å². The van der Waals surface area contributed by atoms with Crippen molar-refractivity contribution in [1.82, 2.24) is 0 Å². The Morgan fingerprint density at radius 3 is 2.56 bits per heavy atom. The summed E-state index contributed by atoms with van der Waals surface area (Å²) in [5.41, 5.74) is 0.189. The number of carbonyl (C=O) groups excluding carboxylic acids is 1. The molecule has 0 saturated carbocycles. The summed E-state index contributed by atoms with van der Waals surface area (Å²) in [6.07, 6.45) is 0. The molecule has 0 aliphatic carbocycles. The number of benzene rings is 1. The predicted molar refractivity (Wildman–Crippen MR) is 70.9 cm³/mol. The molecule has 0 saturated heterocycles. The molecule has 0 bridgehead atoms. The van der Waals surface area contributed by atoms with Gasteiger partial charge in [-0.3, -0.25) is 10.2 Å². The molecular formula is C14H14ClNO2. The lowest BCUT2D eigenvalue weighted by Gasteiger charge is -2.16. The van der Waals surface area contributed by atoms with Gasteiger partial charge >= 0.3 is 0 Å². The zero-order valence-corrected chi connectivity index (χ0v) is 11.3. The summed E-state index contributed by atoms with van der Waals surface area (Å²) in [6, 6.07) is 6.78. The number of rotatable bonds is 1. The van der Waals surface area contributed by atoms with Gasteiger partial charge in [0.15, 0.2) is 5.78 Å². The molecule has 1 heterocycles. The zero-order valence-electron chi connectivity index (χ0n) is 10.5. The molecule has 94 valence electrons. The molecule has 0 aliphatic rings. The summed E-state index contributed by atoms with van der Waals surface area (Å²) >= 11 is 5.91. The maximum Gasteiger partial charge on any atom is 0.222 e. The number of carbonyl (C=O) groups is 1. The molecule has 0 atom stereocenters. The van der Waals surface area contributed by atoms with Crippen LogP contribution in [-0.4, -0.2) is 5.78 Å². The molecule has 0 amide bonds. The minimum atomic E-state index is -0.544. The van der Waals surface area contributed by atoms with Crippen LogP contribution in [0, 0.1) is 10.8 Å². The Morgan fingerprint density at radius 1 is 1.28 bits per heavy atom. The third-order valence-corrected chi connectivity index (χ3v) is 2.89. The van der Waals surface area contributed by atoms with Crippen molar-refractivity contribution >= 4 is 28.4 Å². The number of fused-ring (bicyclic) bond motifs is 1. The highest BCUT2D eigenvalue weighted by atomic mass is 35.5. The molecule has 0 aliphatic heterocycles. The van der Waals surface area contributed by atoms with Gasteiger partial charge in [0.1, 0.15) is 5.58 Å². The molecule has 2 aromatic rings. The van der Waals surface area contributed by atoms with Crippen molar-refractivity contribution in [3.63, 3.8) is 0 Å². The van der Waals surface area contributed by atoms with Crippen molar-refractivity contribution in [2.24, 2.45) is 5.41 Å². The van der Waals surface area contributed by atoms with Crippen LogP contribution >= 0.6 is 11.6 Å². The summed E-state index contributed by atoms with van der Waals surface area (Å²) in [6.45, 7) is 5.45. The Bertz CT molecular complexity index is 680. The van der Waals surface area contributed by atoms with E-state index in [0.29, 0.717) is 10.6 Å². The number of halogens is 1.